The van der Waals surface area contributed by atoms with Crippen LogP contribution < -0.4 is 4.72 Å². The SMILES string of the molecule is CC(C)S(=O)(=O)NC(=O)c1ccc2c(Cl)ccnc2c1. The Bertz CT molecular complexity index is 772. The Kier molecular flexibility index (Phi) is 3.96. The average Bonchev–Trinajstić information content (AvgIpc) is 2.38. The minimum absolute atomic E-state index is 0.219. The summed E-state index contributed by atoms with van der Waals surface area (Å²) in [6.07, 6.45) is 1.53. The minimum atomic E-state index is -3.65. The molecule has 20 heavy (non-hydrogen) atoms. The first-order valence-corrected chi connectivity index (χ1v) is 7.84. The van der Waals surface area contributed by atoms with Crippen LogP contribution in [0.25, 0.3) is 10.9 Å². The van der Waals surface area contributed by atoms with Crippen molar-refractivity contribution in [2.45, 2.75) is 19.1 Å². The van der Waals surface area contributed by atoms with E-state index in [9.17, 15) is 13.2 Å². The third-order valence-corrected chi connectivity index (χ3v) is 4.85. The summed E-state index contributed by atoms with van der Waals surface area (Å²) in [6, 6.07) is 6.31. The second-order valence-electron chi connectivity index (χ2n) is 4.55. The molecule has 0 fully saturated rings. The van der Waals surface area contributed by atoms with Gasteiger partial charge in [0.1, 0.15) is 0 Å². The summed E-state index contributed by atoms with van der Waals surface area (Å²) in [5.41, 5.74) is 0.753. The van der Waals surface area contributed by atoms with E-state index in [1.165, 1.54) is 32.2 Å². The monoisotopic (exact) mass is 312 g/mol. The Morgan fingerprint density at radius 1 is 1.30 bits per heavy atom. The largest absolute Gasteiger partial charge is 0.268 e. The molecule has 1 aromatic heterocycles. The average molecular weight is 313 g/mol. The van der Waals surface area contributed by atoms with Crippen molar-refractivity contribution in [3.63, 3.8) is 0 Å². The molecule has 0 aliphatic heterocycles. The highest BCUT2D eigenvalue weighted by atomic mass is 35.5. The number of hydrogen-bond acceptors (Lipinski definition) is 4. The number of amides is 1. The zero-order chi connectivity index (χ0) is 14.9. The highest BCUT2D eigenvalue weighted by Gasteiger charge is 2.20. The number of carbonyl (C=O) groups excluding carboxylic acids is 1. The molecule has 5 nitrogen and oxygen atoms in total. The van der Waals surface area contributed by atoms with Crippen LogP contribution in [0.15, 0.2) is 30.5 Å². The van der Waals surface area contributed by atoms with Gasteiger partial charge in [0.25, 0.3) is 5.91 Å². The molecule has 0 aliphatic rings. The molecule has 0 unspecified atom stereocenters. The standard InChI is InChI=1S/C13H13ClN2O3S/c1-8(2)20(18,19)16-13(17)9-3-4-10-11(14)5-6-15-12(10)7-9/h3-8H,1-2H3,(H,16,17). The normalized spacial score (nSPS) is 11.8. The van der Waals surface area contributed by atoms with E-state index in [0.29, 0.717) is 15.9 Å². The van der Waals surface area contributed by atoms with Crippen LogP contribution in [0.1, 0.15) is 24.2 Å². The second kappa shape index (κ2) is 5.38. The number of benzene rings is 1. The number of sulfonamides is 1. The Balaban J connectivity index is 2.37. The molecular weight excluding hydrogens is 300 g/mol. The summed E-state index contributed by atoms with van der Waals surface area (Å²) >= 11 is 6.00. The quantitative estimate of drug-likeness (QED) is 0.944. The Hall–Kier alpha value is -1.66. The number of aromatic nitrogens is 1. The van der Waals surface area contributed by atoms with Crippen LogP contribution in [0.4, 0.5) is 0 Å². The summed E-state index contributed by atoms with van der Waals surface area (Å²) in [5, 5.41) is 0.550. The molecule has 0 saturated heterocycles. The molecule has 0 radical (unpaired) electrons. The van der Waals surface area contributed by atoms with Gasteiger partial charge >= 0.3 is 0 Å². The van der Waals surface area contributed by atoms with Crippen molar-refractivity contribution < 1.29 is 13.2 Å². The number of nitrogens with zero attached hydrogens (tertiary/aromatic N) is 1. The van der Waals surface area contributed by atoms with Crippen LogP contribution in [0.3, 0.4) is 0 Å². The molecule has 0 atom stereocenters. The fraction of sp³-hybridized carbons (Fsp3) is 0.231. The number of hydrogen-bond donors (Lipinski definition) is 1. The van der Waals surface area contributed by atoms with Crippen molar-refractivity contribution in [1.29, 1.82) is 0 Å². The van der Waals surface area contributed by atoms with Crippen molar-refractivity contribution in [2.24, 2.45) is 0 Å². The summed E-state index contributed by atoms with van der Waals surface area (Å²) < 4.78 is 25.4. The molecular formula is C13H13ClN2O3S. The Labute approximate surface area is 122 Å². The third kappa shape index (κ3) is 2.91. The highest BCUT2D eigenvalue weighted by Crippen LogP contribution is 2.22. The maximum atomic E-state index is 11.9. The smallest absolute Gasteiger partial charge is 0.264 e. The molecule has 0 bridgehead atoms. The first-order valence-electron chi connectivity index (χ1n) is 5.91. The van der Waals surface area contributed by atoms with Gasteiger partial charge in [0.05, 0.1) is 15.8 Å². The fourth-order valence-electron chi connectivity index (χ4n) is 1.56. The van der Waals surface area contributed by atoms with E-state index in [2.05, 4.69) is 4.98 Å². The predicted molar refractivity (Wildman–Crippen MR) is 78.3 cm³/mol. The van der Waals surface area contributed by atoms with Crippen LogP contribution in [-0.2, 0) is 10.0 Å². The van der Waals surface area contributed by atoms with Crippen LogP contribution in [0.5, 0.6) is 0 Å². The molecule has 7 heteroatoms. The van der Waals surface area contributed by atoms with Gasteiger partial charge in [-0.1, -0.05) is 17.7 Å². The number of pyridine rings is 1. The Morgan fingerprint density at radius 2 is 2.00 bits per heavy atom. The number of carbonyl (C=O) groups is 1. The number of nitrogens with one attached hydrogen (secondary N) is 1. The van der Waals surface area contributed by atoms with Gasteiger partial charge in [-0.05, 0) is 32.0 Å². The van der Waals surface area contributed by atoms with Gasteiger partial charge in [0.2, 0.25) is 10.0 Å². The zero-order valence-corrected chi connectivity index (χ0v) is 12.5. The number of halogens is 1. The van der Waals surface area contributed by atoms with Crippen molar-refractivity contribution >= 4 is 38.4 Å². The first-order chi connectivity index (χ1) is 9.31. The maximum Gasteiger partial charge on any atom is 0.264 e. The van der Waals surface area contributed by atoms with E-state index >= 15 is 0 Å². The van der Waals surface area contributed by atoms with E-state index in [4.69, 9.17) is 11.6 Å². The summed E-state index contributed by atoms with van der Waals surface area (Å²) in [7, 11) is -3.65. The molecule has 0 saturated carbocycles. The van der Waals surface area contributed by atoms with Crippen LogP contribution in [0.2, 0.25) is 5.02 Å². The van der Waals surface area contributed by atoms with Gasteiger partial charge in [0, 0.05) is 17.1 Å². The lowest BCUT2D eigenvalue weighted by atomic mass is 10.1. The van der Waals surface area contributed by atoms with E-state index < -0.39 is 21.2 Å². The molecule has 106 valence electrons. The van der Waals surface area contributed by atoms with Crippen LogP contribution in [-0.4, -0.2) is 24.6 Å². The molecule has 1 amide bonds. The molecule has 1 heterocycles. The van der Waals surface area contributed by atoms with Crippen molar-refractivity contribution in [3.05, 3.63) is 41.0 Å². The van der Waals surface area contributed by atoms with Gasteiger partial charge in [-0.3, -0.25) is 9.78 Å². The number of fused-ring (bicyclic) bond motifs is 1. The third-order valence-electron chi connectivity index (χ3n) is 2.81. The van der Waals surface area contributed by atoms with Gasteiger partial charge in [-0.15, -0.1) is 0 Å². The van der Waals surface area contributed by atoms with Gasteiger partial charge in [-0.2, -0.15) is 0 Å². The highest BCUT2D eigenvalue weighted by molar-refractivity contribution is 7.90. The minimum Gasteiger partial charge on any atom is -0.268 e. The molecule has 1 aromatic carbocycles. The fourth-order valence-corrected chi connectivity index (χ4v) is 2.39. The lowest BCUT2D eigenvalue weighted by Gasteiger charge is -2.10. The maximum absolute atomic E-state index is 11.9. The van der Waals surface area contributed by atoms with Crippen LogP contribution in [0, 0.1) is 0 Å². The summed E-state index contributed by atoms with van der Waals surface area (Å²) in [4.78, 5) is 16.0. The van der Waals surface area contributed by atoms with E-state index in [-0.39, 0.29) is 5.56 Å². The Morgan fingerprint density at radius 3 is 2.65 bits per heavy atom. The van der Waals surface area contributed by atoms with Crippen molar-refractivity contribution in [3.8, 4) is 0 Å². The van der Waals surface area contributed by atoms with Gasteiger partial charge in [-0.25, -0.2) is 13.1 Å². The molecule has 0 aliphatic carbocycles. The van der Waals surface area contributed by atoms with Crippen molar-refractivity contribution in [2.75, 3.05) is 0 Å². The lowest BCUT2D eigenvalue weighted by Crippen LogP contribution is -2.35. The van der Waals surface area contributed by atoms with E-state index in [1.54, 1.807) is 12.1 Å². The molecule has 2 rings (SSSR count). The number of rotatable bonds is 3. The van der Waals surface area contributed by atoms with E-state index in [1.807, 2.05) is 4.72 Å². The zero-order valence-electron chi connectivity index (χ0n) is 10.9. The predicted octanol–water partition coefficient (Wildman–Crippen LogP) is 2.36. The van der Waals surface area contributed by atoms with Crippen LogP contribution >= 0.6 is 11.6 Å². The second-order valence-corrected chi connectivity index (χ2v) is 7.19. The molecule has 1 N–H and O–H groups in total. The van der Waals surface area contributed by atoms with Gasteiger partial charge < -0.3 is 0 Å². The topological polar surface area (TPSA) is 76.1 Å². The molecule has 2 aromatic rings. The molecule has 0 spiro atoms. The van der Waals surface area contributed by atoms with Crippen molar-refractivity contribution in [1.82, 2.24) is 9.71 Å². The first kappa shape index (κ1) is 14.7. The van der Waals surface area contributed by atoms with E-state index in [0.717, 1.165) is 0 Å². The summed E-state index contributed by atoms with van der Waals surface area (Å²) in [5.74, 6) is -0.678. The lowest BCUT2D eigenvalue weighted by molar-refractivity contribution is 0.0981. The van der Waals surface area contributed by atoms with Gasteiger partial charge in [0.15, 0.2) is 0 Å². The summed E-state index contributed by atoms with van der Waals surface area (Å²) in [6.45, 7) is 2.99.